The molecule has 1 amide bonds. The Hall–Kier alpha value is -3.03. The second kappa shape index (κ2) is 9.19. The minimum Gasteiger partial charge on any atom is -0.496 e. The minimum atomic E-state index is -3.87. The van der Waals surface area contributed by atoms with Gasteiger partial charge >= 0.3 is 0 Å². The van der Waals surface area contributed by atoms with E-state index in [4.69, 9.17) is 16.3 Å². The maximum Gasteiger partial charge on any atom is 0.264 e. The van der Waals surface area contributed by atoms with E-state index in [1.807, 2.05) is 18.2 Å². The second-order valence-corrected chi connectivity index (χ2v) is 8.88. The van der Waals surface area contributed by atoms with Crippen LogP contribution in [0.3, 0.4) is 0 Å². The molecule has 6 nitrogen and oxygen atoms in total. The number of benzene rings is 3. The zero-order chi connectivity index (χ0) is 21.7. The van der Waals surface area contributed by atoms with E-state index >= 15 is 0 Å². The zero-order valence-electron chi connectivity index (χ0n) is 16.5. The monoisotopic (exact) mass is 444 g/mol. The van der Waals surface area contributed by atoms with Crippen LogP contribution in [0.15, 0.2) is 77.7 Å². The topological polar surface area (TPSA) is 75.7 Å². The number of halogens is 1. The van der Waals surface area contributed by atoms with Gasteiger partial charge in [0, 0.05) is 29.7 Å². The predicted octanol–water partition coefficient (Wildman–Crippen LogP) is 4.10. The molecule has 0 fully saturated rings. The number of nitrogens with one attached hydrogen (secondary N) is 1. The van der Waals surface area contributed by atoms with Crippen molar-refractivity contribution < 1.29 is 17.9 Å². The molecule has 0 heterocycles. The number of hydrogen-bond donors (Lipinski definition) is 1. The van der Waals surface area contributed by atoms with E-state index in [0.717, 1.165) is 9.87 Å². The summed E-state index contributed by atoms with van der Waals surface area (Å²) in [6, 6.07) is 19.8. The van der Waals surface area contributed by atoms with Gasteiger partial charge in [-0.3, -0.25) is 9.10 Å². The van der Waals surface area contributed by atoms with Crippen molar-refractivity contribution in [2.24, 2.45) is 0 Å². The van der Waals surface area contributed by atoms with Crippen molar-refractivity contribution in [3.05, 3.63) is 88.9 Å². The van der Waals surface area contributed by atoms with Gasteiger partial charge in [-0.05, 0) is 42.5 Å². The number of carbonyl (C=O) groups excluding carboxylic acids is 1. The molecule has 0 unspecified atom stereocenters. The van der Waals surface area contributed by atoms with Crippen LogP contribution < -0.4 is 14.4 Å². The maximum atomic E-state index is 13.0. The van der Waals surface area contributed by atoms with Crippen molar-refractivity contribution in [2.45, 2.75) is 11.4 Å². The van der Waals surface area contributed by atoms with Crippen molar-refractivity contribution in [3.63, 3.8) is 0 Å². The van der Waals surface area contributed by atoms with Crippen LogP contribution in [-0.4, -0.2) is 28.5 Å². The SMILES string of the molecule is COc1ccccc1CNC(=O)c1cccc(S(=O)(=O)N(C)c2cccc(Cl)c2)c1. The molecule has 1 N–H and O–H groups in total. The number of hydrogen-bond acceptors (Lipinski definition) is 4. The highest BCUT2D eigenvalue weighted by Gasteiger charge is 2.22. The fraction of sp³-hybridized carbons (Fsp3) is 0.136. The lowest BCUT2D eigenvalue weighted by Gasteiger charge is -2.20. The molecule has 0 radical (unpaired) electrons. The smallest absolute Gasteiger partial charge is 0.264 e. The lowest BCUT2D eigenvalue weighted by molar-refractivity contribution is 0.0950. The summed E-state index contributed by atoms with van der Waals surface area (Å²) in [5, 5.41) is 3.22. The largest absolute Gasteiger partial charge is 0.496 e. The van der Waals surface area contributed by atoms with Crippen molar-refractivity contribution in [2.75, 3.05) is 18.5 Å². The molecule has 30 heavy (non-hydrogen) atoms. The number of anilines is 1. The summed E-state index contributed by atoms with van der Waals surface area (Å²) >= 11 is 5.98. The molecule has 0 aliphatic rings. The summed E-state index contributed by atoms with van der Waals surface area (Å²) in [5.74, 6) is 0.278. The first-order valence-electron chi connectivity index (χ1n) is 9.07. The fourth-order valence-electron chi connectivity index (χ4n) is 2.89. The Morgan fingerprint density at radius 1 is 1.03 bits per heavy atom. The van der Waals surface area contributed by atoms with Gasteiger partial charge in [-0.2, -0.15) is 0 Å². The molecule has 0 bridgehead atoms. The number of methoxy groups -OCH3 is 1. The summed E-state index contributed by atoms with van der Waals surface area (Å²) in [4.78, 5) is 12.6. The van der Waals surface area contributed by atoms with E-state index < -0.39 is 10.0 Å². The molecule has 0 saturated heterocycles. The number of sulfonamides is 1. The maximum absolute atomic E-state index is 13.0. The highest BCUT2D eigenvalue weighted by Crippen LogP contribution is 2.25. The van der Waals surface area contributed by atoms with E-state index in [1.54, 1.807) is 43.5 Å². The Morgan fingerprint density at radius 3 is 2.50 bits per heavy atom. The number of rotatable bonds is 7. The Labute approximate surface area is 181 Å². The molecule has 0 spiro atoms. The second-order valence-electron chi connectivity index (χ2n) is 6.47. The van der Waals surface area contributed by atoms with E-state index in [1.165, 1.54) is 25.2 Å². The van der Waals surface area contributed by atoms with Crippen LogP contribution in [0.5, 0.6) is 5.75 Å². The lowest BCUT2D eigenvalue weighted by Crippen LogP contribution is -2.27. The van der Waals surface area contributed by atoms with E-state index in [-0.39, 0.29) is 22.9 Å². The van der Waals surface area contributed by atoms with Crippen molar-refractivity contribution in [1.82, 2.24) is 5.32 Å². The van der Waals surface area contributed by atoms with Crippen LogP contribution in [0.25, 0.3) is 0 Å². The average molecular weight is 445 g/mol. The highest BCUT2D eigenvalue weighted by atomic mass is 35.5. The number of para-hydroxylation sites is 1. The summed E-state index contributed by atoms with van der Waals surface area (Å²) < 4.78 is 32.4. The molecular weight excluding hydrogens is 424 g/mol. The zero-order valence-corrected chi connectivity index (χ0v) is 18.1. The fourth-order valence-corrected chi connectivity index (χ4v) is 4.31. The van der Waals surface area contributed by atoms with Gasteiger partial charge in [0.1, 0.15) is 5.75 Å². The summed E-state index contributed by atoms with van der Waals surface area (Å²) in [7, 11) is -0.867. The first-order valence-corrected chi connectivity index (χ1v) is 10.9. The van der Waals surface area contributed by atoms with E-state index in [2.05, 4.69) is 5.32 Å². The molecule has 3 rings (SSSR count). The molecule has 0 atom stereocenters. The quantitative estimate of drug-likeness (QED) is 0.595. The van der Waals surface area contributed by atoms with Crippen LogP contribution in [0.4, 0.5) is 5.69 Å². The lowest BCUT2D eigenvalue weighted by atomic mass is 10.2. The molecule has 0 aromatic heterocycles. The van der Waals surface area contributed by atoms with Crippen molar-refractivity contribution >= 4 is 33.2 Å². The van der Waals surface area contributed by atoms with Gasteiger partial charge in [0.15, 0.2) is 0 Å². The Balaban J connectivity index is 1.80. The first kappa shape index (κ1) is 21.7. The number of amides is 1. The van der Waals surface area contributed by atoms with Gasteiger partial charge in [-0.15, -0.1) is 0 Å². The summed E-state index contributed by atoms with van der Waals surface area (Å²) in [5.41, 5.74) is 1.48. The van der Waals surface area contributed by atoms with E-state index in [0.29, 0.717) is 16.5 Å². The third-order valence-corrected chi connectivity index (χ3v) is 6.57. The molecule has 3 aromatic rings. The molecule has 8 heteroatoms. The van der Waals surface area contributed by atoms with Gasteiger partial charge in [0.05, 0.1) is 17.7 Å². The summed E-state index contributed by atoms with van der Waals surface area (Å²) in [6.45, 7) is 0.252. The Bertz CT molecular complexity index is 1170. The third kappa shape index (κ3) is 4.75. The first-order chi connectivity index (χ1) is 14.3. The minimum absolute atomic E-state index is 0.00918. The van der Waals surface area contributed by atoms with Gasteiger partial charge < -0.3 is 10.1 Å². The van der Waals surface area contributed by atoms with Crippen LogP contribution >= 0.6 is 11.6 Å². The molecular formula is C22H21ClN2O4S. The van der Waals surface area contributed by atoms with Crippen LogP contribution in [0.1, 0.15) is 15.9 Å². The number of ether oxygens (including phenoxy) is 1. The number of nitrogens with zero attached hydrogens (tertiary/aromatic N) is 1. The van der Waals surface area contributed by atoms with Gasteiger partial charge in [-0.1, -0.05) is 41.9 Å². The third-order valence-electron chi connectivity index (χ3n) is 4.56. The Morgan fingerprint density at radius 2 is 1.77 bits per heavy atom. The Kier molecular flexibility index (Phi) is 6.64. The number of carbonyl (C=O) groups is 1. The van der Waals surface area contributed by atoms with Crippen molar-refractivity contribution in [1.29, 1.82) is 0 Å². The molecule has 156 valence electrons. The van der Waals surface area contributed by atoms with Gasteiger partial charge in [-0.25, -0.2) is 8.42 Å². The normalized spacial score (nSPS) is 11.0. The van der Waals surface area contributed by atoms with Crippen LogP contribution in [0.2, 0.25) is 5.02 Å². The molecule has 3 aromatic carbocycles. The molecule has 0 aliphatic heterocycles. The van der Waals surface area contributed by atoms with Crippen molar-refractivity contribution in [3.8, 4) is 5.75 Å². The molecule has 0 saturated carbocycles. The molecule has 0 aliphatic carbocycles. The average Bonchev–Trinajstić information content (AvgIpc) is 2.77. The van der Waals surface area contributed by atoms with Gasteiger partial charge in [0.25, 0.3) is 15.9 Å². The summed E-state index contributed by atoms with van der Waals surface area (Å²) in [6.07, 6.45) is 0. The highest BCUT2D eigenvalue weighted by molar-refractivity contribution is 7.92. The predicted molar refractivity (Wildman–Crippen MR) is 118 cm³/mol. The van der Waals surface area contributed by atoms with Crippen LogP contribution in [0, 0.1) is 0 Å². The van der Waals surface area contributed by atoms with Crippen LogP contribution in [-0.2, 0) is 16.6 Å². The standard InChI is InChI=1S/C22H21ClN2O4S/c1-25(19-10-6-9-18(23)14-19)30(27,28)20-11-5-8-16(13-20)22(26)24-15-17-7-3-4-12-21(17)29-2/h3-14H,15H2,1-2H3,(H,24,26). The van der Waals surface area contributed by atoms with Gasteiger partial charge in [0.2, 0.25) is 0 Å². The van der Waals surface area contributed by atoms with E-state index in [9.17, 15) is 13.2 Å².